The second kappa shape index (κ2) is 10.7. The van der Waals surface area contributed by atoms with Gasteiger partial charge in [0.2, 0.25) is 0 Å². The number of nitrogens with zero attached hydrogens (tertiary/aromatic N) is 3. The van der Waals surface area contributed by atoms with Crippen molar-refractivity contribution in [2.45, 2.75) is 0 Å². The van der Waals surface area contributed by atoms with Crippen LogP contribution in [0.25, 0.3) is 98.2 Å². The Kier molecular flexibility index (Phi) is 6.01. The first kappa shape index (κ1) is 27.0. The molecule has 0 fully saturated rings. The van der Waals surface area contributed by atoms with Crippen molar-refractivity contribution in [3.63, 3.8) is 0 Å². The Hall–Kier alpha value is -6.17. The zero-order valence-electron chi connectivity index (χ0n) is 25.6. The Balaban J connectivity index is 1.19. The first-order valence-electron chi connectivity index (χ1n) is 15.9. The minimum absolute atomic E-state index is 0.611. The summed E-state index contributed by atoms with van der Waals surface area (Å²) in [5.41, 5.74) is 6.83. The van der Waals surface area contributed by atoms with Crippen LogP contribution >= 0.6 is 11.3 Å². The maximum absolute atomic E-state index is 6.23. The van der Waals surface area contributed by atoms with Gasteiger partial charge in [0.25, 0.3) is 0 Å². The number of hydrogen-bond acceptors (Lipinski definition) is 5. The number of hydrogen-bond donors (Lipinski definition) is 0. The summed E-state index contributed by atoms with van der Waals surface area (Å²) >= 11 is 1.84. The first-order chi connectivity index (χ1) is 23.8. The number of fused-ring (bicyclic) bond motifs is 7. The summed E-state index contributed by atoms with van der Waals surface area (Å²) in [4.78, 5) is 15.4. The molecule has 224 valence electrons. The zero-order valence-corrected chi connectivity index (χ0v) is 26.4. The van der Waals surface area contributed by atoms with Crippen molar-refractivity contribution in [3.05, 3.63) is 152 Å². The van der Waals surface area contributed by atoms with Crippen molar-refractivity contribution in [2.75, 3.05) is 0 Å². The molecule has 3 heterocycles. The van der Waals surface area contributed by atoms with E-state index in [9.17, 15) is 0 Å². The summed E-state index contributed by atoms with van der Waals surface area (Å²) in [5, 5.41) is 6.89. The molecule has 3 aromatic heterocycles. The van der Waals surface area contributed by atoms with Gasteiger partial charge in [-0.1, -0.05) is 127 Å². The van der Waals surface area contributed by atoms with Gasteiger partial charge in [0, 0.05) is 47.6 Å². The number of thiophene rings is 1. The molecule has 0 aliphatic heterocycles. The fourth-order valence-corrected chi connectivity index (χ4v) is 8.09. The summed E-state index contributed by atoms with van der Waals surface area (Å²) in [7, 11) is 0. The van der Waals surface area contributed by atoms with E-state index in [1.807, 2.05) is 72.0 Å². The van der Waals surface area contributed by atoms with E-state index in [2.05, 4.69) is 91.0 Å². The van der Waals surface area contributed by atoms with Crippen molar-refractivity contribution < 1.29 is 4.42 Å². The molecule has 10 rings (SSSR count). The smallest absolute Gasteiger partial charge is 0.164 e. The molecule has 0 amide bonds. The normalized spacial score (nSPS) is 11.8. The van der Waals surface area contributed by atoms with Crippen LogP contribution in [0.5, 0.6) is 0 Å². The third-order valence-corrected chi connectivity index (χ3v) is 10.3. The fourth-order valence-electron chi connectivity index (χ4n) is 6.94. The molecule has 0 saturated carbocycles. The van der Waals surface area contributed by atoms with Gasteiger partial charge in [-0.3, -0.25) is 0 Å². The molecule has 0 atom stereocenters. The van der Waals surface area contributed by atoms with Crippen LogP contribution < -0.4 is 0 Å². The van der Waals surface area contributed by atoms with Gasteiger partial charge in [-0.05, 0) is 46.2 Å². The van der Waals surface area contributed by atoms with Crippen molar-refractivity contribution in [1.82, 2.24) is 15.0 Å². The molecule has 0 spiro atoms. The predicted octanol–water partition coefficient (Wildman–Crippen LogP) is 12.0. The molecule has 0 saturated heterocycles. The minimum Gasteiger partial charge on any atom is -0.456 e. The Morgan fingerprint density at radius 2 is 0.979 bits per heavy atom. The number of benzene rings is 7. The van der Waals surface area contributed by atoms with Crippen LogP contribution in [0.1, 0.15) is 0 Å². The summed E-state index contributed by atoms with van der Waals surface area (Å²) in [5.74, 6) is 1.87. The van der Waals surface area contributed by atoms with E-state index in [1.165, 1.54) is 31.3 Å². The SMILES string of the molecule is c1ccc(-c2nc(-c3cccc4c(-c5ccc6c(c5)sc5ccccc56)cccc34)nc(-c3cccc4oc5ccccc5c34)n2)cc1. The van der Waals surface area contributed by atoms with Crippen LogP contribution in [0.15, 0.2) is 156 Å². The molecule has 0 bridgehead atoms. The van der Waals surface area contributed by atoms with Crippen molar-refractivity contribution in [1.29, 1.82) is 0 Å². The van der Waals surface area contributed by atoms with Gasteiger partial charge < -0.3 is 4.42 Å². The van der Waals surface area contributed by atoms with Gasteiger partial charge in [0.1, 0.15) is 11.2 Å². The molecule has 0 aliphatic carbocycles. The number of furan rings is 1. The lowest BCUT2D eigenvalue weighted by Crippen LogP contribution is -2.01. The molecule has 0 radical (unpaired) electrons. The lowest BCUT2D eigenvalue weighted by Gasteiger charge is -2.13. The molecule has 4 nitrogen and oxygen atoms in total. The summed E-state index contributed by atoms with van der Waals surface area (Å²) < 4.78 is 8.83. The Morgan fingerprint density at radius 1 is 0.375 bits per heavy atom. The number of rotatable bonds is 4. The molecule has 5 heteroatoms. The summed E-state index contributed by atoms with van der Waals surface area (Å²) in [6, 6.07) is 52.7. The topological polar surface area (TPSA) is 51.8 Å². The standard InChI is InChI=1S/C43H25N3OS/c1-2-11-26(12-3-1)41-44-42(46-43(45-41)35-19-10-21-37-40(35)34-14-4-6-20-36(34)47-37)33-18-9-16-29-28(15-8-17-30(29)33)27-23-24-32-31-13-5-7-22-38(31)48-39(32)25-27/h1-25H. The third-order valence-electron chi connectivity index (χ3n) is 9.16. The molecular formula is C43H25N3OS. The van der Waals surface area contributed by atoms with E-state index in [-0.39, 0.29) is 0 Å². The van der Waals surface area contributed by atoms with Gasteiger partial charge in [0.15, 0.2) is 17.5 Å². The van der Waals surface area contributed by atoms with E-state index < -0.39 is 0 Å². The zero-order chi connectivity index (χ0) is 31.6. The summed E-state index contributed by atoms with van der Waals surface area (Å²) in [6.07, 6.45) is 0. The van der Waals surface area contributed by atoms with Crippen LogP contribution in [-0.2, 0) is 0 Å². The fraction of sp³-hybridized carbons (Fsp3) is 0. The molecule has 48 heavy (non-hydrogen) atoms. The second-order valence-electron chi connectivity index (χ2n) is 12.0. The maximum Gasteiger partial charge on any atom is 0.164 e. The second-order valence-corrected chi connectivity index (χ2v) is 13.0. The van der Waals surface area contributed by atoms with Crippen LogP contribution in [0.2, 0.25) is 0 Å². The lowest BCUT2D eigenvalue weighted by molar-refractivity contribution is 0.669. The van der Waals surface area contributed by atoms with E-state index in [4.69, 9.17) is 19.4 Å². The monoisotopic (exact) mass is 631 g/mol. The minimum atomic E-state index is 0.611. The highest BCUT2D eigenvalue weighted by molar-refractivity contribution is 7.25. The van der Waals surface area contributed by atoms with Gasteiger partial charge >= 0.3 is 0 Å². The molecule has 0 N–H and O–H groups in total. The van der Waals surface area contributed by atoms with Gasteiger partial charge in [-0.15, -0.1) is 11.3 Å². The lowest BCUT2D eigenvalue weighted by atomic mass is 9.95. The van der Waals surface area contributed by atoms with Crippen LogP contribution in [0.4, 0.5) is 0 Å². The molecule has 10 aromatic rings. The molecular weight excluding hydrogens is 607 g/mol. The Bertz CT molecular complexity index is 2850. The van der Waals surface area contributed by atoms with E-state index >= 15 is 0 Å². The molecule has 7 aromatic carbocycles. The van der Waals surface area contributed by atoms with Gasteiger partial charge in [0.05, 0.1) is 0 Å². The third kappa shape index (κ3) is 4.25. The van der Waals surface area contributed by atoms with Crippen molar-refractivity contribution in [2.24, 2.45) is 0 Å². The van der Waals surface area contributed by atoms with Gasteiger partial charge in [-0.25, -0.2) is 15.0 Å². The van der Waals surface area contributed by atoms with E-state index in [1.54, 1.807) is 0 Å². The van der Waals surface area contributed by atoms with E-state index in [0.717, 1.165) is 49.4 Å². The average Bonchev–Trinajstić information content (AvgIpc) is 3.72. The average molecular weight is 632 g/mol. The molecule has 0 unspecified atom stereocenters. The summed E-state index contributed by atoms with van der Waals surface area (Å²) in [6.45, 7) is 0. The van der Waals surface area contributed by atoms with E-state index in [0.29, 0.717) is 17.5 Å². The number of aromatic nitrogens is 3. The highest BCUT2D eigenvalue weighted by Gasteiger charge is 2.19. The maximum atomic E-state index is 6.23. The van der Waals surface area contributed by atoms with Crippen LogP contribution in [0.3, 0.4) is 0 Å². The van der Waals surface area contributed by atoms with Gasteiger partial charge in [-0.2, -0.15) is 0 Å². The highest BCUT2D eigenvalue weighted by atomic mass is 32.1. The van der Waals surface area contributed by atoms with Crippen molar-refractivity contribution in [3.8, 4) is 45.3 Å². The largest absolute Gasteiger partial charge is 0.456 e. The Labute approximate surface area is 279 Å². The predicted molar refractivity (Wildman–Crippen MR) is 199 cm³/mol. The quantitative estimate of drug-likeness (QED) is 0.194. The highest BCUT2D eigenvalue weighted by Crippen LogP contribution is 2.40. The Morgan fingerprint density at radius 3 is 1.85 bits per heavy atom. The van der Waals surface area contributed by atoms with Crippen LogP contribution in [0, 0.1) is 0 Å². The molecule has 0 aliphatic rings. The van der Waals surface area contributed by atoms with Crippen LogP contribution in [-0.4, -0.2) is 15.0 Å². The first-order valence-corrected chi connectivity index (χ1v) is 16.8. The van der Waals surface area contributed by atoms with Crippen molar-refractivity contribution >= 4 is 64.2 Å². The number of para-hydroxylation sites is 1.